The molecular weight excluding hydrogens is 280 g/mol. The number of fused-ring (bicyclic) bond motifs is 1. The topological polar surface area (TPSA) is 35.5 Å². The Labute approximate surface area is 130 Å². The molecule has 4 heteroatoms. The minimum Gasteiger partial charge on any atom is -0.409 e. The van der Waals surface area contributed by atoms with E-state index in [9.17, 15) is 4.79 Å². The van der Waals surface area contributed by atoms with Crippen molar-refractivity contribution in [2.24, 2.45) is 5.92 Å². The Balaban J connectivity index is 1.81. The van der Waals surface area contributed by atoms with Crippen LogP contribution in [0.15, 0.2) is 12.2 Å². The van der Waals surface area contributed by atoms with Gasteiger partial charge in [0.05, 0.1) is 17.8 Å². The van der Waals surface area contributed by atoms with Gasteiger partial charge < -0.3 is 9.16 Å². The molecule has 0 aromatic rings. The summed E-state index contributed by atoms with van der Waals surface area (Å²) >= 11 is 0. The molecule has 2 aliphatic rings. The van der Waals surface area contributed by atoms with Gasteiger partial charge in [0.15, 0.2) is 8.32 Å². The van der Waals surface area contributed by atoms with Crippen LogP contribution in [0.4, 0.5) is 0 Å². The van der Waals surface area contributed by atoms with Crippen molar-refractivity contribution < 1.29 is 14.0 Å². The molecule has 1 aliphatic carbocycles. The fourth-order valence-corrected chi connectivity index (χ4v) is 5.24. The van der Waals surface area contributed by atoms with Gasteiger partial charge in [-0.25, -0.2) is 0 Å². The average molecular weight is 311 g/mol. The van der Waals surface area contributed by atoms with E-state index >= 15 is 0 Å². The summed E-state index contributed by atoms with van der Waals surface area (Å²) in [6.07, 6.45) is 9.31. The quantitative estimate of drug-likeness (QED) is 0.567. The standard InChI is InChI=1S/C17H30O3Si/c1-17(2,20-21(3,4)5)10-6-7-15-12-13-11-14(18)8-9-16(13)19-15/h6,10,13,15-16H,7-9,11-12H2,1-5H3/t13-,15+,16?/m0/s1. The molecule has 0 aromatic heterocycles. The maximum absolute atomic E-state index is 11.5. The fraction of sp³-hybridized carbons (Fsp3) is 0.824. The van der Waals surface area contributed by atoms with Crippen molar-refractivity contribution in [1.82, 2.24) is 0 Å². The molecule has 0 bridgehead atoms. The number of carbonyl (C=O) groups excluding carboxylic acids is 1. The zero-order valence-corrected chi connectivity index (χ0v) is 15.1. The summed E-state index contributed by atoms with van der Waals surface area (Å²) in [5, 5.41) is 0. The van der Waals surface area contributed by atoms with Gasteiger partial charge in [-0.15, -0.1) is 0 Å². The molecule has 0 amide bonds. The largest absolute Gasteiger partial charge is 0.409 e. The third-order valence-electron chi connectivity index (χ3n) is 4.14. The van der Waals surface area contributed by atoms with Crippen LogP contribution in [-0.2, 0) is 14.0 Å². The Morgan fingerprint density at radius 3 is 2.76 bits per heavy atom. The maximum Gasteiger partial charge on any atom is 0.184 e. The molecule has 2 rings (SSSR count). The van der Waals surface area contributed by atoms with E-state index in [2.05, 4.69) is 45.6 Å². The van der Waals surface area contributed by atoms with Gasteiger partial charge in [0, 0.05) is 12.8 Å². The van der Waals surface area contributed by atoms with E-state index in [0.717, 1.165) is 25.7 Å². The van der Waals surface area contributed by atoms with Crippen LogP contribution in [0.3, 0.4) is 0 Å². The van der Waals surface area contributed by atoms with Gasteiger partial charge in [0.2, 0.25) is 0 Å². The predicted molar refractivity (Wildman–Crippen MR) is 87.9 cm³/mol. The molecule has 1 heterocycles. The molecule has 3 atom stereocenters. The number of ketones is 1. The molecule has 1 unspecified atom stereocenters. The second-order valence-electron chi connectivity index (χ2n) is 8.03. The lowest BCUT2D eigenvalue weighted by Gasteiger charge is -2.30. The first-order valence-electron chi connectivity index (χ1n) is 8.20. The van der Waals surface area contributed by atoms with Crippen LogP contribution in [-0.4, -0.2) is 31.9 Å². The molecule has 1 saturated heterocycles. The normalized spacial score (nSPS) is 30.9. The van der Waals surface area contributed by atoms with Gasteiger partial charge >= 0.3 is 0 Å². The first kappa shape index (κ1) is 16.9. The van der Waals surface area contributed by atoms with Crippen LogP contribution in [0.2, 0.25) is 19.6 Å². The van der Waals surface area contributed by atoms with E-state index in [-0.39, 0.29) is 11.7 Å². The molecule has 0 aromatic carbocycles. The van der Waals surface area contributed by atoms with E-state index in [4.69, 9.17) is 9.16 Å². The molecule has 0 radical (unpaired) electrons. The zero-order chi connectivity index (χ0) is 15.7. The monoisotopic (exact) mass is 310 g/mol. The summed E-state index contributed by atoms with van der Waals surface area (Å²) in [5.74, 6) is 0.886. The van der Waals surface area contributed by atoms with Crippen molar-refractivity contribution >= 4 is 14.1 Å². The molecule has 2 fully saturated rings. The van der Waals surface area contributed by atoms with Gasteiger partial charge in [-0.3, -0.25) is 4.79 Å². The summed E-state index contributed by atoms with van der Waals surface area (Å²) in [5.41, 5.74) is -0.203. The summed E-state index contributed by atoms with van der Waals surface area (Å²) < 4.78 is 12.3. The highest BCUT2D eigenvalue weighted by atomic mass is 28.4. The SMILES string of the molecule is CC(C)(C=CC[C@@H]1C[C@@H]2CC(=O)CCC2O1)O[Si](C)(C)C. The Morgan fingerprint density at radius 2 is 2.10 bits per heavy atom. The van der Waals surface area contributed by atoms with Crippen LogP contribution < -0.4 is 0 Å². The van der Waals surface area contributed by atoms with E-state index in [1.54, 1.807) is 0 Å². The van der Waals surface area contributed by atoms with Gasteiger partial charge in [-0.1, -0.05) is 12.2 Å². The molecule has 1 saturated carbocycles. The Morgan fingerprint density at radius 1 is 1.38 bits per heavy atom. The molecule has 0 spiro atoms. The second kappa shape index (κ2) is 6.35. The molecule has 3 nitrogen and oxygen atoms in total. The lowest BCUT2D eigenvalue weighted by atomic mass is 9.84. The lowest BCUT2D eigenvalue weighted by molar-refractivity contribution is -0.123. The minimum absolute atomic E-state index is 0.203. The number of Topliss-reactive ketones (excluding diaryl/α,β-unsaturated/α-hetero) is 1. The van der Waals surface area contributed by atoms with Crippen molar-refractivity contribution in [3.05, 3.63) is 12.2 Å². The fourth-order valence-electron chi connectivity index (χ4n) is 3.60. The highest BCUT2D eigenvalue weighted by molar-refractivity contribution is 6.69. The van der Waals surface area contributed by atoms with Crippen molar-refractivity contribution in [2.75, 3.05) is 0 Å². The number of ether oxygens (including phenoxy) is 1. The molecule has 1 aliphatic heterocycles. The van der Waals surface area contributed by atoms with Gasteiger partial charge in [-0.05, 0) is 58.7 Å². The van der Waals surface area contributed by atoms with Gasteiger partial charge in [0.1, 0.15) is 5.78 Å². The Kier molecular flexibility index (Phi) is 5.11. The van der Waals surface area contributed by atoms with E-state index < -0.39 is 8.32 Å². The van der Waals surface area contributed by atoms with Gasteiger partial charge in [0.25, 0.3) is 0 Å². The number of hydrogen-bond donors (Lipinski definition) is 0. The summed E-state index contributed by atoms with van der Waals surface area (Å²) in [7, 11) is -1.53. The smallest absolute Gasteiger partial charge is 0.184 e. The third kappa shape index (κ3) is 5.35. The zero-order valence-electron chi connectivity index (χ0n) is 14.1. The van der Waals surface area contributed by atoms with Crippen LogP contribution >= 0.6 is 0 Å². The molecular formula is C17H30O3Si. The van der Waals surface area contributed by atoms with Crippen molar-refractivity contribution in [2.45, 2.75) is 83.4 Å². The van der Waals surface area contributed by atoms with Crippen molar-refractivity contribution in [3.63, 3.8) is 0 Å². The first-order valence-corrected chi connectivity index (χ1v) is 11.6. The maximum atomic E-state index is 11.5. The average Bonchev–Trinajstić information content (AvgIpc) is 2.66. The number of hydrogen-bond acceptors (Lipinski definition) is 3. The summed E-state index contributed by atoms with van der Waals surface area (Å²) in [4.78, 5) is 11.5. The number of rotatable bonds is 5. The Hall–Kier alpha value is -0.453. The summed E-state index contributed by atoms with van der Waals surface area (Å²) in [6.45, 7) is 10.9. The molecule has 0 N–H and O–H groups in total. The first-order chi connectivity index (χ1) is 9.65. The lowest BCUT2D eigenvalue weighted by Crippen LogP contribution is -2.36. The third-order valence-corrected chi connectivity index (χ3v) is 5.28. The summed E-state index contributed by atoms with van der Waals surface area (Å²) in [6, 6.07) is 0. The van der Waals surface area contributed by atoms with Crippen LogP contribution in [0.1, 0.15) is 46.0 Å². The van der Waals surface area contributed by atoms with Gasteiger partial charge in [-0.2, -0.15) is 0 Å². The van der Waals surface area contributed by atoms with Crippen molar-refractivity contribution in [1.29, 1.82) is 0 Å². The van der Waals surface area contributed by atoms with E-state index in [1.807, 2.05) is 0 Å². The minimum atomic E-state index is -1.53. The van der Waals surface area contributed by atoms with E-state index in [0.29, 0.717) is 24.2 Å². The van der Waals surface area contributed by atoms with Crippen LogP contribution in [0, 0.1) is 5.92 Å². The number of carbonyl (C=O) groups is 1. The van der Waals surface area contributed by atoms with Crippen LogP contribution in [0.5, 0.6) is 0 Å². The highest BCUT2D eigenvalue weighted by Gasteiger charge is 2.38. The second-order valence-corrected chi connectivity index (χ2v) is 12.5. The van der Waals surface area contributed by atoms with Crippen LogP contribution in [0.25, 0.3) is 0 Å². The molecule has 21 heavy (non-hydrogen) atoms. The van der Waals surface area contributed by atoms with Crippen molar-refractivity contribution in [3.8, 4) is 0 Å². The van der Waals surface area contributed by atoms with E-state index in [1.165, 1.54) is 0 Å². The molecule has 120 valence electrons. The predicted octanol–water partition coefficient (Wildman–Crippen LogP) is 4.09. The Bertz CT molecular complexity index is 409. The highest BCUT2D eigenvalue weighted by Crippen LogP contribution is 2.37.